The predicted octanol–water partition coefficient (Wildman–Crippen LogP) is 2.05. The van der Waals surface area contributed by atoms with Crippen LogP contribution in [0.4, 0.5) is 10.5 Å². The predicted molar refractivity (Wildman–Crippen MR) is 58.6 cm³/mol. The van der Waals surface area contributed by atoms with E-state index in [1.807, 2.05) is 6.92 Å². The van der Waals surface area contributed by atoms with E-state index in [1.54, 1.807) is 23.1 Å². The first-order chi connectivity index (χ1) is 7.66. The summed E-state index contributed by atoms with van der Waals surface area (Å²) < 4.78 is 5.22. The van der Waals surface area contributed by atoms with Gasteiger partial charge in [0.2, 0.25) is 0 Å². The molecule has 0 unspecified atom stereocenters. The Hall–Kier alpha value is -1.71. The number of benzene rings is 1. The maximum Gasteiger partial charge on any atom is 0.415 e. The van der Waals surface area contributed by atoms with Gasteiger partial charge < -0.3 is 9.84 Å². The van der Waals surface area contributed by atoms with E-state index < -0.39 is 0 Å². The van der Waals surface area contributed by atoms with Crippen LogP contribution in [0.5, 0.6) is 5.75 Å². The van der Waals surface area contributed by atoms with E-state index in [0.29, 0.717) is 0 Å². The van der Waals surface area contributed by atoms with Crippen LogP contribution < -0.4 is 4.90 Å². The van der Waals surface area contributed by atoms with Crippen LogP contribution in [0.2, 0.25) is 0 Å². The third-order valence-electron chi connectivity index (χ3n) is 3.39. The lowest BCUT2D eigenvalue weighted by Crippen LogP contribution is -2.39. The lowest BCUT2D eigenvalue weighted by atomic mass is 9.94. The number of ether oxygens (including phenoxy) is 1. The van der Waals surface area contributed by atoms with Crippen LogP contribution in [0, 0.1) is 0 Å². The summed E-state index contributed by atoms with van der Waals surface area (Å²) >= 11 is 0. The zero-order valence-electron chi connectivity index (χ0n) is 9.01. The van der Waals surface area contributed by atoms with E-state index in [1.165, 1.54) is 0 Å². The average molecular weight is 219 g/mol. The molecule has 0 radical (unpaired) electrons. The van der Waals surface area contributed by atoms with Gasteiger partial charge in [-0.25, -0.2) is 4.79 Å². The second-order valence-electron chi connectivity index (χ2n) is 4.38. The number of nitrogens with zero attached hydrogens (tertiary/aromatic N) is 1. The summed E-state index contributed by atoms with van der Waals surface area (Å²) in [6, 6.07) is 5.26. The van der Waals surface area contributed by atoms with Crippen molar-refractivity contribution in [1.29, 1.82) is 0 Å². The van der Waals surface area contributed by atoms with Gasteiger partial charge >= 0.3 is 6.09 Å². The number of cyclic esters (lactones) is 1. The summed E-state index contributed by atoms with van der Waals surface area (Å²) in [5.41, 5.74) is 1.89. The van der Waals surface area contributed by atoms with Crippen LogP contribution in [-0.4, -0.2) is 23.3 Å². The second-order valence-corrected chi connectivity index (χ2v) is 4.38. The maximum absolute atomic E-state index is 11.7. The molecule has 4 heteroatoms. The van der Waals surface area contributed by atoms with Gasteiger partial charge in [-0.3, -0.25) is 4.90 Å². The van der Waals surface area contributed by atoms with E-state index in [4.69, 9.17) is 4.74 Å². The Morgan fingerprint density at radius 1 is 1.50 bits per heavy atom. The summed E-state index contributed by atoms with van der Waals surface area (Å²) in [7, 11) is 0. The van der Waals surface area contributed by atoms with Gasteiger partial charge in [-0.1, -0.05) is 0 Å². The number of fused-ring (bicyclic) bond motifs is 3. The highest BCUT2D eigenvalue weighted by Crippen LogP contribution is 2.38. The molecule has 0 bridgehead atoms. The second kappa shape index (κ2) is 3.14. The summed E-state index contributed by atoms with van der Waals surface area (Å²) in [4.78, 5) is 13.4. The number of hydrogen-bond donors (Lipinski definition) is 1. The van der Waals surface area contributed by atoms with Crippen molar-refractivity contribution in [2.24, 2.45) is 0 Å². The van der Waals surface area contributed by atoms with Crippen LogP contribution >= 0.6 is 0 Å². The van der Waals surface area contributed by atoms with Gasteiger partial charge in [0, 0.05) is 0 Å². The Kier molecular flexibility index (Phi) is 1.87. The Labute approximate surface area is 93.4 Å². The monoisotopic (exact) mass is 219 g/mol. The van der Waals surface area contributed by atoms with Crippen LogP contribution in [0.15, 0.2) is 18.2 Å². The highest BCUT2D eigenvalue weighted by Gasteiger charge is 2.42. The number of aryl methyl sites for hydroxylation is 1. The number of aromatic hydroxyl groups is 1. The molecule has 84 valence electrons. The first-order valence-electron chi connectivity index (χ1n) is 5.48. The smallest absolute Gasteiger partial charge is 0.415 e. The Morgan fingerprint density at radius 2 is 2.31 bits per heavy atom. The molecule has 2 aliphatic rings. The zero-order valence-corrected chi connectivity index (χ0v) is 9.01. The van der Waals surface area contributed by atoms with Crippen molar-refractivity contribution >= 4 is 11.8 Å². The molecule has 4 nitrogen and oxygen atoms in total. The first-order valence-corrected chi connectivity index (χ1v) is 5.48. The van der Waals surface area contributed by atoms with E-state index in [9.17, 15) is 9.90 Å². The molecule has 0 spiro atoms. The van der Waals surface area contributed by atoms with Crippen molar-refractivity contribution in [3.63, 3.8) is 0 Å². The molecule has 2 heterocycles. The Bertz CT molecular complexity index is 458. The third-order valence-corrected chi connectivity index (χ3v) is 3.39. The summed E-state index contributed by atoms with van der Waals surface area (Å²) in [6.45, 7) is 1.92. The average Bonchev–Trinajstić information content (AvgIpc) is 2.54. The SMILES string of the molecule is C[C@@H]1OC(=O)N2c3ccc(O)cc3CC[C@@H]12. The minimum Gasteiger partial charge on any atom is -0.508 e. The quantitative estimate of drug-likeness (QED) is 0.726. The van der Waals surface area contributed by atoms with Gasteiger partial charge in [0.1, 0.15) is 11.9 Å². The van der Waals surface area contributed by atoms with Gasteiger partial charge in [0.05, 0.1) is 11.7 Å². The van der Waals surface area contributed by atoms with E-state index in [0.717, 1.165) is 24.1 Å². The number of phenols is 1. The normalized spacial score (nSPS) is 27.3. The Morgan fingerprint density at radius 3 is 3.12 bits per heavy atom. The molecule has 1 amide bonds. The number of phenolic OH excluding ortho intramolecular Hbond substituents is 1. The molecule has 2 aliphatic heterocycles. The summed E-state index contributed by atoms with van der Waals surface area (Å²) in [5.74, 6) is 0.248. The van der Waals surface area contributed by atoms with Crippen molar-refractivity contribution in [2.45, 2.75) is 31.9 Å². The molecule has 1 aromatic rings. The number of anilines is 1. The highest BCUT2D eigenvalue weighted by atomic mass is 16.6. The molecule has 2 atom stereocenters. The highest BCUT2D eigenvalue weighted by molar-refractivity contribution is 5.92. The van der Waals surface area contributed by atoms with Crippen LogP contribution in [0.25, 0.3) is 0 Å². The molecular weight excluding hydrogens is 206 g/mol. The molecule has 3 rings (SSSR count). The van der Waals surface area contributed by atoms with Crippen molar-refractivity contribution in [3.05, 3.63) is 23.8 Å². The molecule has 1 N–H and O–H groups in total. The van der Waals surface area contributed by atoms with E-state index in [-0.39, 0.29) is 24.0 Å². The number of carbonyl (C=O) groups excluding carboxylic acids is 1. The molecule has 1 fully saturated rings. The van der Waals surface area contributed by atoms with Crippen LogP contribution in [0.3, 0.4) is 0 Å². The molecule has 1 saturated heterocycles. The summed E-state index contributed by atoms with van der Waals surface area (Å²) in [5, 5.41) is 9.41. The van der Waals surface area contributed by atoms with E-state index in [2.05, 4.69) is 0 Å². The third kappa shape index (κ3) is 1.19. The van der Waals surface area contributed by atoms with Crippen LogP contribution in [0.1, 0.15) is 18.9 Å². The number of hydrogen-bond acceptors (Lipinski definition) is 3. The fourth-order valence-corrected chi connectivity index (χ4v) is 2.59. The molecule has 1 aromatic carbocycles. The van der Waals surface area contributed by atoms with Gasteiger partial charge in [-0.05, 0) is 43.5 Å². The van der Waals surface area contributed by atoms with Gasteiger partial charge in [-0.15, -0.1) is 0 Å². The number of rotatable bonds is 0. The van der Waals surface area contributed by atoms with Gasteiger partial charge in [-0.2, -0.15) is 0 Å². The maximum atomic E-state index is 11.7. The van der Waals surface area contributed by atoms with Gasteiger partial charge in [0.25, 0.3) is 0 Å². The minimum atomic E-state index is -0.274. The molecular formula is C12H13NO3. The summed E-state index contributed by atoms with van der Waals surface area (Å²) in [6.07, 6.45) is 1.45. The molecule has 0 aromatic heterocycles. The van der Waals surface area contributed by atoms with Crippen LogP contribution in [-0.2, 0) is 11.2 Å². The van der Waals surface area contributed by atoms with Gasteiger partial charge in [0.15, 0.2) is 0 Å². The number of amides is 1. The van der Waals surface area contributed by atoms with Crippen molar-refractivity contribution < 1.29 is 14.6 Å². The number of carbonyl (C=O) groups is 1. The lowest BCUT2D eigenvalue weighted by Gasteiger charge is -2.30. The Balaban J connectivity index is 2.09. The molecule has 16 heavy (non-hydrogen) atoms. The standard InChI is InChI=1S/C12H13NO3/c1-7-10-4-2-8-6-9(14)3-5-11(8)13(10)12(15)16-7/h3,5-7,10,14H,2,4H2,1H3/t7-,10-/m0/s1. The molecule has 0 aliphatic carbocycles. The zero-order chi connectivity index (χ0) is 11.3. The van der Waals surface area contributed by atoms with Crippen molar-refractivity contribution in [2.75, 3.05) is 4.90 Å². The lowest BCUT2D eigenvalue weighted by molar-refractivity contribution is 0.140. The first kappa shape index (κ1) is 9.51. The topological polar surface area (TPSA) is 49.8 Å². The minimum absolute atomic E-state index is 0.0468. The molecule has 0 saturated carbocycles. The van der Waals surface area contributed by atoms with Crippen molar-refractivity contribution in [1.82, 2.24) is 0 Å². The fourth-order valence-electron chi connectivity index (χ4n) is 2.59. The largest absolute Gasteiger partial charge is 0.508 e. The van der Waals surface area contributed by atoms with Crippen molar-refractivity contribution in [3.8, 4) is 5.75 Å². The fraction of sp³-hybridized carbons (Fsp3) is 0.417. The van der Waals surface area contributed by atoms with E-state index >= 15 is 0 Å².